The first-order valence-corrected chi connectivity index (χ1v) is 7.06. The Morgan fingerprint density at radius 2 is 1.89 bits per heavy atom. The molecular weight excluding hydrogens is 257 g/mol. The number of hydrogen-bond acceptors (Lipinski definition) is 3. The molecule has 0 saturated heterocycles. The van der Waals surface area contributed by atoms with Crippen molar-refractivity contribution in [3.8, 4) is 0 Å². The normalized spacial score (nSPS) is 16.9. The van der Waals surface area contributed by atoms with Crippen molar-refractivity contribution in [3.63, 3.8) is 0 Å². The highest BCUT2D eigenvalue weighted by atomic mass is 31.2. The Bertz CT molecular complexity index is 468. The van der Waals surface area contributed by atoms with E-state index in [0.717, 1.165) is 0 Å². The summed E-state index contributed by atoms with van der Waals surface area (Å²) in [6, 6.07) is 8.27. The van der Waals surface area contributed by atoms with Crippen molar-refractivity contribution in [1.82, 2.24) is 0 Å². The minimum absolute atomic E-state index is 0.494. The van der Waals surface area contributed by atoms with E-state index in [9.17, 15) is 9.36 Å². The van der Waals surface area contributed by atoms with Crippen LogP contribution in [-0.4, -0.2) is 32.6 Å². The lowest BCUT2D eigenvalue weighted by Gasteiger charge is -2.30. The van der Waals surface area contributed by atoms with Crippen LogP contribution in [0.4, 0.5) is 0 Å². The van der Waals surface area contributed by atoms with Gasteiger partial charge in [0.1, 0.15) is 5.54 Å². The topological polar surface area (TPSA) is 121 Å². The van der Waals surface area contributed by atoms with Crippen molar-refractivity contribution < 1.29 is 24.3 Å². The molecule has 0 aliphatic heterocycles. The van der Waals surface area contributed by atoms with Crippen molar-refractivity contribution in [3.05, 3.63) is 35.9 Å². The molecule has 100 valence electrons. The standard InChI is InChI=1S/C11H16NO5P/c1-11(12,10(13)14)9(7-18(15,16)17)8-5-3-2-4-6-8/h2-6,9H,7,12H2,1H3,(H,13,14)(H2,15,16,17)/t9-,11+/m1/s1. The van der Waals surface area contributed by atoms with Gasteiger partial charge in [-0.1, -0.05) is 30.3 Å². The van der Waals surface area contributed by atoms with Gasteiger partial charge in [-0.3, -0.25) is 9.36 Å². The largest absolute Gasteiger partial charge is 0.480 e. The molecule has 18 heavy (non-hydrogen) atoms. The quantitative estimate of drug-likeness (QED) is 0.587. The van der Waals surface area contributed by atoms with E-state index in [4.69, 9.17) is 20.6 Å². The number of carbonyl (C=O) groups is 1. The molecule has 1 aromatic rings. The van der Waals surface area contributed by atoms with Crippen LogP contribution in [0, 0.1) is 0 Å². The third-order valence-corrected chi connectivity index (χ3v) is 3.65. The van der Waals surface area contributed by atoms with Crippen molar-refractivity contribution >= 4 is 13.6 Å². The van der Waals surface area contributed by atoms with Gasteiger partial charge < -0.3 is 20.6 Å². The minimum Gasteiger partial charge on any atom is -0.480 e. The lowest BCUT2D eigenvalue weighted by Crippen LogP contribution is -2.51. The molecule has 5 N–H and O–H groups in total. The average Bonchev–Trinajstić information content (AvgIpc) is 2.25. The fourth-order valence-electron chi connectivity index (χ4n) is 1.71. The van der Waals surface area contributed by atoms with Crippen LogP contribution in [-0.2, 0) is 9.36 Å². The Labute approximate surface area is 105 Å². The molecule has 0 bridgehead atoms. The number of aliphatic carboxylic acids is 1. The van der Waals surface area contributed by atoms with Gasteiger partial charge in [-0.25, -0.2) is 0 Å². The third kappa shape index (κ3) is 3.65. The maximum absolute atomic E-state index is 11.1. The molecule has 2 atom stereocenters. The first-order valence-electron chi connectivity index (χ1n) is 5.26. The Kier molecular flexibility index (Phi) is 4.29. The van der Waals surface area contributed by atoms with Gasteiger partial charge in [-0.15, -0.1) is 0 Å². The Morgan fingerprint density at radius 3 is 2.28 bits per heavy atom. The van der Waals surface area contributed by atoms with Gasteiger partial charge in [0.2, 0.25) is 0 Å². The van der Waals surface area contributed by atoms with Gasteiger partial charge in [0, 0.05) is 5.92 Å². The summed E-state index contributed by atoms with van der Waals surface area (Å²) in [7, 11) is -4.37. The number of carboxylic acid groups (broad SMARTS) is 1. The predicted molar refractivity (Wildman–Crippen MR) is 66.3 cm³/mol. The van der Waals surface area contributed by atoms with Gasteiger partial charge in [-0.2, -0.15) is 0 Å². The molecule has 1 aromatic carbocycles. The molecule has 0 aliphatic rings. The van der Waals surface area contributed by atoms with E-state index < -0.39 is 31.2 Å². The molecule has 0 aromatic heterocycles. The molecule has 0 fully saturated rings. The summed E-state index contributed by atoms with van der Waals surface area (Å²) in [5.74, 6) is -2.26. The maximum atomic E-state index is 11.1. The van der Waals surface area contributed by atoms with Crippen LogP contribution in [0.2, 0.25) is 0 Å². The van der Waals surface area contributed by atoms with Crippen molar-refractivity contribution in [2.75, 3.05) is 6.16 Å². The van der Waals surface area contributed by atoms with E-state index >= 15 is 0 Å². The first kappa shape index (κ1) is 14.9. The van der Waals surface area contributed by atoms with Crippen molar-refractivity contribution in [1.29, 1.82) is 0 Å². The third-order valence-electron chi connectivity index (χ3n) is 2.81. The molecule has 6 nitrogen and oxygen atoms in total. The smallest absolute Gasteiger partial charge is 0.326 e. The second-order valence-corrected chi connectivity index (χ2v) is 6.09. The summed E-state index contributed by atoms with van der Waals surface area (Å²) in [5, 5.41) is 9.09. The van der Waals surface area contributed by atoms with E-state index in [1.807, 2.05) is 0 Å². The van der Waals surface area contributed by atoms with E-state index in [-0.39, 0.29) is 0 Å². The predicted octanol–water partition coefficient (Wildman–Crippen LogP) is 0.750. The van der Waals surface area contributed by atoms with Gasteiger partial charge in [0.05, 0.1) is 6.16 Å². The maximum Gasteiger partial charge on any atom is 0.326 e. The Morgan fingerprint density at radius 1 is 1.39 bits per heavy atom. The monoisotopic (exact) mass is 273 g/mol. The van der Waals surface area contributed by atoms with Gasteiger partial charge >= 0.3 is 13.6 Å². The van der Waals surface area contributed by atoms with E-state index in [1.54, 1.807) is 30.3 Å². The van der Waals surface area contributed by atoms with Crippen LogP contribution in [0.3, 0.4) is 0 Å². The van der Waals surface area contributed by atoms with Gasteiger partial charge in [0.25, 0.3) is 0 Å². The minimum atomic E-state index is -4.37. The molecule has 0 amide bonds. The molecule has 0 saturated carbocycles. The fraction of sp³-hybridized carbons (Fsp3) is 0.364. The van der Waals surface area contributed by atoms with Crippen LogP contribution in [0.25, 0.3) is 0 Å². The number of carboxylic acids is 1. The van der Waals surface area contributed by atoms with Crippen molar-refractivity contribution in [2.24, 2.45) is 5.73 Å². The summed E-state index contributed by atoms with van der Waals surface area (Å²) >= 11 is 0. The van der Waals surface area contributed by atoms with Gasteiger partial charge in [0.15, 0.2) is 0 Å². The molecule has 0 unspecified atom stereocenters. The van der Waals surface area contributed by atoms with Gasteiger partial charge in [-0.05, 0) is 12.5 Å². The van der Waals surface area contributed by atoms with E-state index in [2.05, 4.69) is 0 Å². The SMILES string of the molecule is C[C@@](N)(C(=O)O)[C@H](CP(=O)(O)O)c1ccccc1. The molecule has 0 radical (unpaired) electrons. The number of hydrogen-bond donors (Lipinski definition) is 4. The molecular formula is C11H16NO5P. The highest BCUT2D eigenvalue weighted by molar-refractivity contribution is 7.51. The molecule has 0 aliphatic carbocycles. The zero-order valence-electron chi connectivity index (χ0n) is 9.85. The summed E-state index contributed by atoms with van der Waals surface area (Å²) in [5.41, 5.74) is 4.45. The van der Waals surface area contributed by atoms with Crippen LogP contribution >= 0.6 is 7.60 Å². The Balaban J connectivity index is 3.20. The van der Waals surface area contributed by atoms with E-state index in [1.165, 1.54) is 6.92 Å². The summed E-state index contributed by atoms with van der Waals surface area (Å²) < 4.78 is 11.1. The summed E-state index contributed by atoms with van der Waals surface area (Å²) in [6.45, 7) is 1.25. The number of rotatable bonds is 5. The molecule has 0 heterocycles. The molecule has 1 rings (SSSR count). The lowest BCUT2D eigenvalue weighted by atomic mass is 9.82. The lowest BCUT2D eigenvalue weighted by molar-refractivity contribution is -0.143. The molecule has 0 spiro atoms. The van der Waals surface area contributed by atoms with E-state index in [0.29, 0.717) is 5.56 Å². The number of benzene rings is 1. The van der Waals surface area contributed by atoms with Crippen LogP contribution in [0.15, 0.2) is 30.3 Å². The van der Waals surface area contributed by atoms with Crippen LogP contribution < -0.4 is 5.73 Å². The van der Waals surface area contributed by atoms with Crippen LogP contribution in [0.1, 0.15) is 18.4 Å². The highest BCUT2D eigenvalue weighted by Gasteiger charge is 2.41. The van der Waals surface area contributed by atoms with Crippen molar-refractivity contribution in [2.45, 2.75) is 18.4 Å². The first-order chi connectivity index (χ1) is 8.14. The second-order valence-electron chi connectivity index (χ2n) is 4.40. The zero-order chi connectivity index (χ0) is 14.0. The Hall–Kier alpha value is -1.20. The molecule has 7 heteroatoms. The average molecular weight is 273 g/mol. The highest BCUT2D eigenvalue weighted by Crippen LogP contribution is 2.43. The van der Waals surface area contributed by atoms with Crippen LogP contribution in [0.5, 0.6) is 0 Å². The number of nitrogens with two attached hydrogens (primary N) is 1. The summed E-state index contributed by atoms with van der Waals surface area (Å²) in [4.78, 5) is 29.3. The summed E-state index contributed by atoms with van der Waals surface area (Å²) in [6.07, 6.45) is -0.601. The second kappa shape index (κ2) is 5.20. The fourth-order valence-corrected chi connectivity index (χ4v) is 2.78. The zero-order valence-corrected chi connectivity index (χ0v) is 10.7.